The van der Waals surface area contributed by atoms with Crippen molar-refractivity contribution in [3.63, 3.8) is 0 Å². The molecule has 0 radical (unpaired) electrons. The number of anilines is 2. The van der Waals surface area contributed by atoms with Gasteiger partial charge in [0.25, 0.3) is 5.78 Å². The van der Waals surface area contributed by atoms with Crippen molar-refractivity contribution < 1.29 is 17.6 Å². The molecule has 1 fully saturated rings. The zero-order valence-electron chi connectivity index (χ0n) is 16.9. The van der Waals surface area contributed by atoms with Crippen molar-refractivity contribution in [2.24, 2.45) is 5.41 Å². The van der Waals surface area contributed by atoms with Crippen LogP contribution in [0.25, 0.3) is 16.7 Å². The summed E-state index contributed by atoms with van der Waals surface area (Å²) < 4.78 is 55.9. The van der Waals surface area contributed by atoms with Gasteiger partial charge in [-0.3, -0.25) is 9.38 Å². The molecule has 3 heterocycles. The van der Waals surface area contributed by atoms with Gasteiger partial charge in [-0.2, -0.15) is 18.2 Å². The second kappa shape index (κ2) is 6.85. The zero-order valence-corrected chi connectivity index (χ0v) is 16.9. The smallest absolute Gasteiger partial charge is 0.312 e. The van der Waals surface area contributed by atoms with Gasteiger partial charge in [0, 0.05) is 7.05 Å². The Morgan fingerprint density at radius 1 is 1.12 bits per heavy atom. The summed E-state index contributed by atoms with van der Waals surface area (Å²) in [6.07, 6.45) is -1.75. The van der Waals surface area contributed by atoms with Gasteiger partial charge in [-0.05, 0) is 37.8 Å². The van der Waals surface area contributed by atoms with Crippen molar-refractivity contribution in [3.05, 3.63) is 47.9 Å². The first-order valence-electron chi connectivity index (χ1n) is 9.66. The molecule has 0 bridgehead atoms. The van der Waals surface area contributed by atoms with Gasteiger partial charge in [0.2, 0.25) is 0 Å². The van der Waals surface area contributed by atoms with E-state index in [0.717, 1.165) is 0 Å². The van der Waals surface area contributed by atoms with Crippen molar-refractivity contribution in [1.82, 2.24) is 29.5 Å². The van der Waals surface area contributed by atoms with Crippen LogP contribution in [0.5, 0.6) is 0 Å². The van der Waals surface area contributed by atoms with Crippen molar-refractivity contribution in [2.45, 2.75) is 25.9 Å². The Morgan fingerprint density at radius 3 is 2.62 bits per heavy atom. The molecule has 0 N–H and O–H groups in total. The molecule has 0 unspecified atom stereocenters. The van der Waals surface area contributed by atoms with Gasteiger partial charge in [-0.15, -0.1) is 10.2 Å². The quantitative estimate of drug-likeness (QED) is 0.346. The van der Waals surface area contributed by atoms with Crippen molar-refractivity contribution in [3.8, 4) is 11.8 Å². The van der Waals surface area contributed by atoms with Crippen LogP contribution in [-0.4, -0.2) is 42.8 Å². The SMILES string of the molecule is Cc1nnc2nc(N(C)c3cncc(C#CC4(C(F)(F)F)CC4)n3)c3c(F)cccc3n12. The number of benzene rings is 1. The Labute approximate surface area is 179 Å². The number of hydrogen-bond acceptors (Lipinski definition) is 6. The molecule has 5 rings (SSSR count). The summed E-state index contributed by atoms with van der Waals surface area (Å²) in [6.45, 7) is 1.73. The fourth-order valence-corrected chi connectivity index (χ4v) is 3.49. The number of alkyl halides is 3. The molecule has 32 heavy (non-hydrogen) atoms. The van der Waals surface area contributed by atoms with Crippen LogP contribution in [0.15, 0.2) is 30.6 Å². The lowest BCUT2D eigenvalue weighted by molar-refractivity contribution is -0.168. The Morgan fingerprint density at radius 2 is 1.91 bits per heavy atom. The van der Waals surface area contributed by atoms with Crippen LogP contribution in [0.2, 0.25) is 0 Å². The van der Waals surface area contributed by atoms with Crippen molar-refractivity contribution in [1.29, 1.82) is 0 Å². The maximum Gasteiger partial charge on any atom is 0.405 e. The van der Waals surface area contributed by atoms with E-state index in [2.05, 4.69) is 37.0 Å². The predicted octanol–water partition coefficient (Wildman–Crippen LogP) is 3.98. The highest BCUT2D eigenvalue weighted by Gasteiger charge is 2.62. The number of fused-ring (bicyclic) bond motifs is 3. The summed E-state index contributed by atoms with van der Waals surface area (Å²) in [5, 5.41) is 8.25. The van der Waals surface area contributed by atoms with Gasteiger partial charge >= 0.3 is 6.18 Å². The largest absolute Gasteiger partial charge is 0.405 e. The van der Waals surface area contributed by atoms with Crippen LogP contribution in [0.4, 0.5) is 29.2 Å². The molecule has 0 amide bonds. The summed E-state index contributed by atoms with van der Waals surface area (Å²) in [5.41, 5.74) is -1.37. The van der Waals surface area contributed by atoms with Gasteiger partial charge in [0.1, 0.15) is 22.8 Å². The Bertz CT molecular complexity index is 1430. The van der Waals surface area contributed by atoms with Crippen LogP contribution in [-0.2, 0) is 0 Å². The second-order valence-electron chi connectivity index (χ2n) is 7.60. The first-order valence-corrected chi connectivity index (χ1v) is 9.66. The number of rotatable bonds is 2. The standard InChI is InChI=1S/C21H15F4N7/c1-12-29-30-19-28-18(17-14(22)4-3-5-15(17)32(12)19)31(2)16-11-26-10-13(27-16)6-7-20(8-9-20)21(23,24)25/h3-5,10-11H,8-9H2,1-2H3. The highest BCUT2D eigenvalue weighted by molar-refractivity contribution is 5.93. The van der Waals surface area contributed by atoms with Gasteiger partial charge in [-0.25, -0.2) is 9.37 Å². The summed E-state index contributed by atoms with van der Waals surface area (Å²) >= 11 is 0. The van der Waals surface area contributed by atoms with E-state index in [-0.39, 0.29) is 41.3 Å². The monoisotopic (exact) mass is 441 g/mol. The second-order valence-corrected chi connectivity index (χ2v) is 7.60. The molecule has 4 aromatic rings. The molecule has 1 aliphatic rings. The third-order valence-corrected chi connectivity index (χ3v) is 5.48. The number of hydrogen-bond donors (Lipinski definition) is 0. The Hall–Kier alpha value is -3.81. The number of nitrogens with zero attached hydrogens (tertiary/aromatic N) is 7. The highest BCUT2D eigenvalue weighted by atomic mass is 19.4. The van der Waals surface area contributed by atoms with E-state index in [1.807, 2.05) is 0 Å². The van der Waals surface area contributed by atoms with Crippen molar-refractivity contribution in [2.75, 3.05) is 11.9 Å². The summed E-state index contributed by atoms with van der Waals surface area (Å²) in [6, 6.07) is 4.61. The topological polar surface area (TPSA) is 72.1 Å². The van der Waals surface area contributed by atoms with Gasteiger partial charge in [-0.1, -0.05) is 12.0 Å². The van der Waals surface area contributed by atoms with Crippen LogP contribution < -0.4 is 4.90 Å². The van der Waals surface area contributed by atoms with E-state index >= 15 is 0 Å². The molecule has 162 valence electrons. The third kappa shape index (κ3) is 3.10. The van der Waals surface area contributed by atoms with Crippen LogP contribution in [0.1, 0.15) is 24.4 Å². The number of aryl methyl sites for hydroxylation is 1. The maximum absolute atomic E-state index is 14.9. The average Bonchev–Trinajstić information content (AvgIpc) is 3.48. The number of halogens is 4. The molecule has 0 atom stereocenters. The van der Waals surface area contributed by atoms with Crippen LogP contribution in [0.3, 0.4) is 0 Å². The van der Waals surface area contributed by atoms with E-state index in [9.17, 15) is 17.6 Å². The fraction of sp³-hybridized carbons (Fsp3) is 0.286. The molecule has 0 saturated heterocycles. The summed E-state index contributed by atoms with van der Waals surface area (Å²) in [4.78, 5) is 14.3. The Balaban J connectivity index is 1.60. The lowest BCUT2D eigenvalue weighted by atomic mass is 10.1. The zero-order chi connectivity index (χ0) is 22.7. The molecular formula is C21H15F4N7. The lowest BCUT2D eigenvalue weighted by Crippen LogP contribution is -2.22. The molecule has 1 aromatic carbocycles. The Kier molecular flexibility index (Phi) is 4.30. The summed E-state index contributed by atoms with van der Waals surface area (Å²) in [5.74, 6) is 5.57. The minimum atomic E-state index is -4.38. The number of aromatic nitrogens is 6. The molecule has 1 saturated carbocycles. The maximum atomic E-state index is 14.9. The lowest BCUT2D eigenvalue weighted by Gasteiger charge is -2.19. The fourth-order valence-electron chi connectivity index (χ4n) is 3.49. The summed E-state index contributed by atoms with van der Waals surface area (Å²) in [7, 11) is 1.60. The van der Waals surface area contributed by atoms with E-state index < -0.39 is 17.4 Å². The molecule has 11 heteroatoms. The average molecular weight is 441 g/mol. The van der Waals surface area contributed by atoms with Crippen LogP contribution >= 0.6 is 0 Å². The molecular weight excluding hydrogens is 426 g/mol. The van der Waals surface area contributed by atoms with Gasteiger partial charge in [0.05, 0.1) is 23.3 Å². The van der Waals surface area contributed by atoms with Crippen molar-refractivity contribution >= 4 is 28.3 Å². The first-order chi connectivity index (χ1) is 15.2. The minimum absolute atomic E-state index is 0.0243. The molecule has 3 aromatic heterocycles. The minimum Gasteiger partial charge on any atom is -0.312 e. The van der Waals surface area contributed by atoms with E-state index in [1.54, 1.807) is 30.5 Å². The predicted molar refractivity (Wildman–Crippen MR) is 108 cm³/mol. The van der Waals surface area contributed by atoms with E-state index in [1.165, 1.54) is 23.4 Å². The van der Waals surface area contributed by atoms with E-state index in [0.29, 0.717) is 11.3 Å². The van der Waals surface area contributed by atoms with Gasteiger partial charge < -0.3 is 4.90 Å². The highest BCUT2D eigenvalue weighted by Crippen LogP contribution is 2.57. The molecule has 0 spiro atoms. The van der Waals surface area contributed by atoms with Gasteiger partial charge in [0.15, 0.2) is 11.6 Å². The molecule has 0 aliphatic heterocycles. The first kappa shape index (κ1) is 20.1. The third-order valence-electron chi connectivity index (χ3n) is 5.48. The molecule has 7 nitrogen and oxygen atoms in total. The van der Waals surface area contributed by atoms with Crippen LogP contribution in [0, 0.1) is 30.0 Å². The molecule has 1 aliphatic carbocycles. The van der Waals surface area contributed by atoms with E-state index in [4.69, 9.17) is 0 Å². The normalized spacial score (nSPS) is 14.9.